The number of hydrogen-bond acceptors (Lipinski definition) is 4. The van der Waals surface area contributed by atoms with E-state index in [9.17, 15) is 4.79 Å². The van der Waals surface area contributed by atoms with Gasteiger partial charge in [0.05, 0.1) is 20.6 Å². The third-order valence-corrected chi connectivity index (χ3v) is 4.75. The minimum absolute atomic E-state index is 0.0308. The van der Waals surface area contributed by atoms with Crippen LogP contribution in [0.5, 0.6) is 11.5 Å². The summed E-state index contributed by atoms with van der Waals surface area (Å²) in [6, 6.07) is 15.7. The molecule has 5 heteroatoms. The smallest absolute Gasteiger partial charge is 0.227 e. The van der Waals surface area contributed by atoms with Gasteiger partial charge in [-0.25, -0.2) is 0 Å². The lowest BCUT2D eigenvalue weighted by atomic mass is 9.95. The number of carbonyl (C=O) groups excluding carboxylic acids is 1. The molecule has 1 aliphatic heterocycles. The molecule has 1 saturated heterocycles. The third kappa shape index (κ3) is 3.77. The van der Waals surface area contributed by atoms with E-state index in [1.54, 1.807) is 14.2 Å². The van der Waals surface area contributed by atoms with Crippen LogP contribution in [0.15, 0.2) is 48.5 Å². The first-order valence-electron chi connectivity index (χ1n) is 8.41. The Morgan fingerprint density at radius 2 is 1.80 bits per heavy atom. The Hall–Kier alpha value is -2.53. The highest BCUT2D eigenvalue weighted by molar-refractivity contribution is 5.79. The molecule has 25 heavy (non-hydrogen) atoms. The molecular formula is C20H24N2O3. The molecule has 3 rings (SSSR count). The topological polar surface area (TPSA) is 64.8 Å². The van der Waals surface area contributed by atoms with Gasteiger partial charge in [-0.1, -0.05) is 36.4 Å². The fourth-order valence-corrected chi connectivity index (χ4v) is 3.36. The minimum atomic E-state index is -0.0308. The first kappa shape index (κ1) is 17.3. The second-order valence-corrected chi connectivity index (χ2v) is 6.35. The zero-order chi connectivity index (χ0) is 17.8. The first-order valence-corrected chi connectivity index (χ1v) is 8.41. The third-order valence-electron chi connectivity index (χ3n) is 4.75. The molecule has 1 heterocycles. The van der Waals surface area contributed by atoms with Crippen LogP contribution < -0.4 is 15.2 Å². The lowest BCUT2D eigenvalue weighted by Crippen LogP contribution is -2.33. The van der Waals surface area contributed by atoms with Crippen molar-refractivity contribution in [1.29, 1.82) is 0 Å². The van der Waals surface area contributed by atoms with Crippen LogP contribution in [0.25, 0.3) is 0 Å². The number of rotatable bonds is 5. The summed E-state index contributed by atoms with van der Waals surface area (Å²) in [6.07, 6.45) is 0.328. The predicted octanol–water partition coefficient (Wildman–Crippen LogP) is 2.20. The number of nitrogens with two attached hydrogens (primary N) is 1. The number of ether oxygens (including phenoxy) is 2. The van der Waals surface area contributed by atoms with E-state index in [2.05, 4.69) is 12.1 Å². The van der Waals surface area contributed by atoms with E-state index in [0.717, 1.165) is 5.56 Å². The molecule has 2 aromatic carbocycles. The Balaban J connectivity index is 1.68. The first-order chi connectivity index (χ1) is 12.1. The van der Waals surface area contributed by atoms with E-state index in [1.165, 1.54) is 5.56 Å². The summed E-state index contributed by atoms with van der Waals surface area (Å²) in [4.78, 5) is 14.5. The highest BCUT2D eigenvalue weighted by Crippen LogP contribution is 2.29. The average Bonchev–Trinajstić information content (AvgIpc) is 3.04. The molecule has 1 amide bonds. The van der Waals surface area contributed by atoms with Gasteiger partial charge in [0, 0.05) is 25.0 Å². The molecule has 1 aliphatic rings. The number of carbonyl (C=O) groups is 1. The largest absolute Gasteiger partial charge is 0.493 e. The van der Waals surface area contributed by atoms with Crippen molar-refractivity contribution in [2.24, 2.45) is 5.73 Å². The molecule has 0 spiro atoms. The van der Waals surface area contributed by atoms with Gasteiger partial charge in [0.1, 0.15) is 0 Å². The van der Waals surface area contributed by atoms with Gasteiger partial charge in [-0.2, -0.15) is 0 Å². The van der Waals surface area contributed by atoms with Gasteiger partial charge in [-0.3, -0.25) is 4.79 Å². The van der Waals surface area contributed by atoms with Crippen molar-refractivity contribution in [3.8, 4) is 11.5 Å². The molecule has 0 aliphatic carbocycles. The lowest BCUT2D eigenvalue weighted by Gasteiger charge is -2.17. The van der Waals surface area contributed by atoms with Crippen LogP contribution in [0.1, 0.15) is 17.0 Å². The van der Waals surface area contributed by atoms with Crippen molar-refractivity contribution >= 4 is 5.91 Å². The second-order valence-electron chi connectivity index (χ2n) is 6.35. The molecule has 1 fully saturated rings. The van der Waals surface area contributed by atoms with Crippen LogP contribution >= 0.6 is 0 Å². The molecule has 132 valence electrons. The molecule has 0 aromatic heterocycles. The monoisotopic (exact) mass is 340 g/mol. The maximum atomic E-state index is 12.7. The molecule has 0 unspecified atom stereocenters. The fraction of sp³-hybridized carbons (Fsp3) is 0.350. The molecule has 0 bridgehead atoms. The number of likely N-dealkylation sites (tertiary alicyclic amines) is 1. The summed E-state index contributed by atoms with van der Waals surface area (Å²) in [5.41, 5.74) is 8.38. The highest BCUT2D eigenvalue weighted by atomic mass is 16.5. The normalized spacial score (nSPS) is 19.7. The second kappa shape index (κ2) is 7.57. The van der Waals surface area contributed by atoms with Gasteiger partial charge in [-0.05, 0) is 23.3 Å². The van der Waals surface area contributed by atoms with Crippen molar-refractivity contribution in [3.63, 3.8) is 0 Å². The summed E-state index contributed by atoms with van der Waals surface area (Å²) < 4.78 is 10.5. The maximum absolute atomic E-state index is 12.7. The van der Waals surface area contributed by atoms with Gasteiger partial charge in [-0.15, -0.1) is 0 Å². The Kier molecular flexibility index (Phi) is 5.24. The van der Waals surface area contributed by atoms with E-state index in [4.69, 9.17) is 15.2 Å². The Morgan fingerprint density at radius 1 is 1.08 bits per heavy atom. The van der Waals surface area contributed by atoms with Crippen molar-refractivity contribution in [3.05, 3.63) is 59.7 Å². The van der Waals surface area contributed by atoms with Gasteiger partial charge < -0.3 is 20.1 Å². The van der Waals surface area contributed by atoms with E-state index < -0.39 is 0 Å². The van der Waals surface area contributed by atoms with Crippen LogP contribution in [0.3, 0.4) is 0 Å². The number of amides is 1. The van der Waals surface area contributed by atoms with Gasteiger partial charge in [0.2, 0.25) is 5.91 Å². The summed E-state index contributed by atoms with van der Waals surface area (Å²) >= 11 is 0. The van der Waals surface area contributed by atoms with Crippen LogP contribution in [0, 0.1) is 0 Å². The minimum Gasteiger partial charge on any atom is -0.493 e. The molecule has 2 N–H and O–H groups in total. The van der Waals surface area contributed by atoms with Gasteiger partial charge in [0.25, 0.3) is 0 Å². The van der Waals surface area contributed by atoms with Crippen LogP contribution in [-0.2, 0) is 11.2 Å². The van der Waals surface area contributed by atoms with Gasteiger partial charge >= 0.3 is 0 Å². The summed E-state index contributed by atoms with van der Waals surface area (Å²) in [6.45, 7) is 1.25. The van der Waals surface area contributed by atoms with Crippen LogP contribution in [0.4, 0.5) is 0 Å². The molecule has 2 aromatic rings. The fourth-order valence-electron chi connectivity index (χ4n) is 3.36. The molecule has 2 atom stereocenters. The number of nitrogens with zero attached hydrogens (tertiary/aromatic N) is 1. The van der Waals surface area contributed by atoms with E-state index in [0.29, 0.717) is 31.0 Å². The Morgan fingerprint density at radius 3 is 2.48 bits per heavy atom. The Labute approximate surface area is 148 Å². The van der Waals surface area contributed by atoms with E-state index >= 15 is 0 Å². The summed E-state index contributed by atoms with van der Waals surface area (Å²) in [5, 5.41) is 0. The standard InChI is InChI=1S/C20H24N2O3/c1-24-18-9-8-14(10-19(18)25-2)11-20(23)22-12-16(17(21)13-22)15-6-4-3-5-7-15/h3-10,16-17H,11-13,21H2,1-2H3/t16-,17+/m0/s1. The number of benzene rings is 2. The zero-order valence-electron chi connectivity index (χ0n) is 14.6. The highest BCUT2D eigenvalue weighted by Gasteiger charge is 2.33. The van der Waals surface area contributed by atoms with Crippen LogP contribution in [-0.4, -0.2) is 44.2 Å². The molecule has 0 radical (unpaired) electrons. The lowest BCUT2D eigenvalue weighted by molar-refractivity contribution is -0.129. The predicted molar refractivity (Wildman–Crippen MR) is 97.0 cm³/mol. The quantitative estimate of drug-likeness (QED) is 0.906. The summed E-state index contributed by atoms with van der Waals surface area (Å²) in [7, 11) is 3.19. The van der Waals surface area contributed by atoms with Crippen molar-refractivity contribution in [1.82, 2.24) is 4.90 Å². The van der Waals surface area contributed by atoms with Crippen molar-refractivity contribution in [2.75, 3.05) is 27.3 Å². The number of methoxy groups -OCH3 is 2. The van der Waals surface area contributed by atoms with Crippen molar-refractivity contribution < 1.29 is 14.3 Å². The van der Waals surface area contributed by atoms with E-state index in [1.807, 2.05) is 41.3 Å². The molecule has 0 saturated carbocycles. The SMILES string of the molecule is COc1ccc(CC(=O)N2C[C@@H](N)[C@H](c3ccccc3)C2)cc1OC. The van der Waals surface area contributed by atoms with Crippen molar-refractivity contribution in [2.45, 2.75) is 18.4 Å². The van der Waals surface area contributed by atoms with E-state index in [-0.39, 0.29) is 17.9 Å². The zero-order valence-corrected chi connectivity index (χ0v) is 14.6. The maximum Gasteiger partial charge on any atom is 0.227 e. The van der Waals surface area contributed by atoms with Crippen LogP contribution in [0.2, 0.25) is 0 Å². The Bertz CT molecular complexity index is 733. The van der Waals surface area contributed by atoms with Gasteiger partial charge in [0.15, 0.2) is 11.5 Å². The summed E-state index contributed by atoms with van der Waals surface area (Å²) in [5.74, 6) is 1.57. The molecular weight excluding hydrogens is 316 g/mol. The molecule has 5 nitrogen and oxygen atoms in total. The average molecular weight is 340 g/mol. The number of hydrogen-bond donors (Lipinski definition) is 1.